The summed E-state index contributed by atoms with van der Waals surface area (Å²) in [6.45, 7) is 6.15. The number of anilines is 1. The van der Waals surface area contributed by atoms with Crippen LogP contribution in [0.2, 0.25) is 5.02 Å². The van der Waals surface area contributed by atoms with E-state index in [1.165, 1.54) is 6.07 Å². The molecular formula is C32H36ClFN4O10. The molecular weight excluding hydrogens is 655 g/mol. The summed E-state index contributed by atoms with van der Waals surface area (Å²) >= 11 is 6.27. The first kappa shape index (κ1) is 39.2. The third-order valence-electron chi connectivity index (χ3n) is 6.78. The number of nitrogens with zero attached hydrogens (tertiary/aromatic N) is 4. The maximum absolute atomic E-state index is 14.5. The van der Waals surface area contributed by atoms with Gasteiger partial charge in [-0.1, -0.05) is 23.7 Å². The van der Waals surface area contributed by atoms with Crippen molar-refractivity contribution in [2.45, 2.75) is 6.42 Å². The Morgan fingerprint density at radius 2 is 1.29 bits per heavy atom. The molecule has 2 heterocycles. The van der Waals surface area contributed by atoms with Gasteiger partial charge in [0.15, 0.2) is 0 Å². The summed E-state index contributed by atoms with van der Waals surface area (Å²) < 4.78 is 14.5. The average Bonchev–Trinajstić information content (AvgIpc) is 3.16. The van der Waals surface area contributed by atoms with Crippen LogP contribution in [0, 0.1) is 5.82 Å². The second-order valence-electron chi connectivity index (χ2n) is 10.1. The molecule has 14 nitrogen and oxygen atoms in total. The van der Waals surface area contributed by atoms with Crippen LogP contribution in [0.4, 0.5) is 10.1 Å². The Bertz CT molecular complexity index is 1470. The quantitative estimate of drug-likeness (QED) is 0.215. The minimum Gasteiger partial charge on any atom is -0.478 e. The molecule has 0 aromatic heterocycles. The van der Waals surface area contributed by atoms with E-state index in [1.54, 1.807) is 35.2 Å². The minimum absolute atomic E-state index is 0.0319. The predicted octanol–water partition coefficient (Wildman–Crippen LogP) is 2.09. The monoisotopic (exact) mass is 690 g/mol. The number of carboxylic acids is 4. The van der Waals surface area contributed by atoms with Gasteiger partial charge in [-0.25, -0.2) is 23.6 Å². The van der Waals surface area contributed by atoms with E-state index < -0.39 is 23.9 Å². The third kappa shape index (κ3) is 13.8. The maximum atomic E-state index is 14.5. The highest BCUT2D eigenvalue weighted by molar-refractivity contribution is 6.32. The highest BCUT2D eigenvalue weighted by Gasteiger charge is 2.26. The third-order valence-corrected chi connectivity index (χ3v) is 7.02. The number of β-amino-alcohol motifs (C(OH)–C–C–N with tert-alkyl or cyclic N) is 1. The van der Waals surface area contributed by atoms with E-state index in [4.69, 9.17) is 37.1 Å². The summed E-state index contributed by atoms with van der Waals surface area (Å²) in [5.41, 5.74) is 2.21. The number of hydrogen-bond donors (Lipinski definition) is 5. The lowest BCUT2D eigenvalue weighted by Gasteiger charge is -2.34. The normalized spacial score (nSPS) is 15.0. The number of hydrogen-bond acceptors (Lipinski definition) is 9. The van der Waals surface area contributed by atoms with Crippen molar-refractivity contribution in [2.24, 2.45) is 4.99 Å². The Hall–Kier alpha value is -4.96. The lowest BCUT2D eigenvalue weighted by Crippen LogP contribution is -2.47. The Balaban J connectivity index is 0.000000414. The first-order valence-electron chi connectivity index (χ1n) is 14.6. The van der Waals surface area contributed by atoms with Gasteiger partial charge in [0.1, 0.15) is 12.4 Å². The number of rotatable bonds is 11. The summed E-state index contributed by atoms with van der Waals surface area (Å²) in [6.07, 6.45) is 3.05. The Morgan fingerprint density at radius 3 is 1.79 bits per heavy atom. The van der Waals surface area contributed by atoms with E-state index in [9.17, 15) is 28.4 Å². The van der Waals surface area contributed by atoms with Gasteiger partial charge in [0.05, 0.1) is 18.0 Å². The molecule has 2 aliphatic rings. The van der Waals surface area contributed by atoms with Gasteiger partial charge in [-0.05, 0) is 43.3 Å². The number of carboxylic acid groups (broad SMARTS) is 4. The van der Waals surface area contributed by atoms with E-state index in [2.05, 4.69) is 14.8 Å². The Labute approximate surface area is 280 Å². The van der Waals surface area contributed by atoms with E-state index >= 15 is 0 Å². The number of benzodiazepines with no additional fused rings is 1. The summed E-state index contributed by atoms with van der Waals surface area (Å²) in [7, 11) is 0. The van der Waals surface area contributed by atoms with E-state index in [-0.39, 0.29) is 24.9 Å². The first-order chi connectivity index (χ1) is 22.8. The summed E-state index contributed by atoms with van der Waals surface area (Å²) in [5.74, 6) is -5.51. The van der Waals surface area contributed by atoms with Crippen molar-refractivity contribution in [3.63, 3.8) is 0 Å². The number of amides is 1. The zero-order chi connectivity index (χ0) is 35.6. The zero-order valence-electron chi connectivity index (χ0n) is 25.7. The molecule has 5 N–H and O–H groups in total. The second-order valence-corrected chi connectivity index (χ2v) is 10.6. The predicted molar refractivity (Wildman–Crippen MR) is 174 cm³/mol. The topological polar surface area (TPSA) is 209 Å². The van der Waals surface area contributed by atoms with Crippen LogP contribution < -0.4 is 4.90 Å². The van der Waals surface area contributed by atoms with Gasteiger partial charge >= 0.3 is 23.9 Å². The smallest absolute Gasteiger partial charge is 0.328 e. The maximum Gasteiger partial charge on any atom is 0.328 e. The van der Waals surface area contributed by atoms with Gasteiger partial charge in [0.2, 0.25) is 5.91 Å². The number of aliphatic hydroxyl groups excluding tert-OH is 1. The summed E-state index contributed by atoms with van der Waals surface area (Å²) in [6, 6.07) is 11.8. The van der Waals surface area contributed by atoms with Gasteiger partial charge in [-0.3, -0.25) is 14.7 Å². The molecule has 0 saturated carbocycles. The van der Waals surface area contributed by atoms with Gasteiger partial charge in [0, 0.05) is 79.7 Å². The van der Waals surface area contributed by atoms with Crippen LogP contribution in [0.3, 0.4) is 0 Å². The number of aliphatic hydroxyl groups is 1. The molecule has 2 aliphatic heterocycles. The van der Waals surface area contributed by atoms with Gasteiger partial charge in [0.25, 0.3) is 0 Å². The number of fused-ring (bicyclic) bond motifs is 1. The van der Waals surface area contributed by atoms with Crippen molar-refractivity contribution >= 4 is 52.8 Å². The fourth-order valence-electron chi connectivity index (χ4n) is 4.63. The lowest BCUT2D eigenvalue weighted by atomic mass is 9.99. The molecule has 0 atom stereocenters. The van der Waals surface area contributed by atoms with Crippen LogP contribution in [-0.2, 0) is 24.0 Å². The molecule has 1 amide bonds. The SMILES string of the molecule is O=C(O)/C=C\C(=O)O.O=C(O)/C=C\C(=O)O.O=C1CN=C(c2ccccc2F)c2cc(Cl)ccc2N1CCCN1CCN(CCO)CC1. The number of carbonyl (C=O) groups is 5. The molecule has 258 valence electrons. The van der Waals surface area contributed by atoms with Crippen molar-refractivity contribution in [1.29, 1.82) is 0 Å². The number of piperazine rings is 1. The first-order valence-corrected chi connectivity index (χ1v) is 14.9. The van der Waals surface area contributed by atoms with Crippen LogP contribution in [0.1, 0.15) is 17.5 Å². The van der Waals surface area contributed by atoms with Crippen LogP contribution in [0.15, 0.2) is 71.8 Å². The molecule has 0 radical (unpaired) electrons. The molecule has 0 spiro atoms. The van der Waals surface area contributed by atoms with Crippen LogP contribution >= 0.6 is 11.6 Å². The average molecular weight is 691 g/mol. The highest BCUT2D eigenvalue weighted by Crippen LogP contribution is 2.30. The molecule has 2 aromatic carbocycles. The lowest BCUT2D eigenvalue weighted by molar-refractivity contribution is -0.134. The molecule has 2 aromatic rings. The van der Waals surface area contributed by atoms with Crippen molar-refractivity contribution in [1.82, 2.24) is 9.80 Å². The standard InChI is InChI=1S/C24H28ClFN4O2.2C4H4O4/c25-18-6-7-22-20(16-18)24(19-4-1-2-5-21(19)26)27-17-23(32)30(22)9-3-8-28-10-12-29(13-11-28)14-15-31;2*5-3(6)1-2-4(7)8/h1-2,4-7,16,31H,3,8-15,17H2;2*1-2H,(H,5,6)(H,7,8)/b;2*2-1-. The van der Waals surface area contributed by atoms with Crippen molar-refractivity contribution < 1.29 is 53.9 Å². The molecule has 1 saturated heterocycles. The van der Waals surface area contributed by atoms with E-state index in [1.807, 2.05) is 6.07 Å². The zero-order valence-corrected chi connectivity index (χ0v) is 26.5. The number of carbonyl (C=O) groups excluding carboxylic acids is 1. The number of halogens is 2. The fraction of sp³-hybridized carbons (Fsp3) is 0.312. The molecule has 0 aliphatic carbocycles. The van der Waals surface area contributed by atoms with Gasteiger partial charge < -0.3 is 35.3 Å². The number of benzene rings is 2. The number of aliphatic imine (C=N–C) groups is 1. The second kappa shape index (κ2) is 20.3. The van der Waals surface area contributed by atoms with E-state index in [0.29, 0.717) is 58.4 Å². The number of aliphatic carboxylic acids is 4. The van der Waals surface area contributed by atoms with Crippen LogP contribution in [0.5, 0.6) is 0 Å². The summed E-state index contributed by atoms with van der Waals surface area (Å²) in [5, 5.41) is 40.9. The summed E-state index contributed by atoms with van der Waals surface area (Å²) in [4.78, 5) is 62.1. The Morgan fingerprint density at radius 1 is 0.771 bits per heavy atom. The molecule has 0 unspecified atom stereocenters. The molecule has 16 heteroatoms. The van der Waals surface area contributed by atoms with Crippen LogP contribution in [0.25, 0.3) is 0 Å². The largest absolute Gasteiger partial charge is 0.478 e. The highest BCUT2D eigenvalue weighted by atomic mass is 35.5. The van der Waals surface area contributed by atoms with Gasteiger partial charge in [-0.2, -0.15) is 0 Å². The van der Waals surface area contributed by atoms with Crippen molar-refractivity contribution in [2.75, 3.05) is 63.9 Å². The van der Waals surface area contributed by atoms with E-state index in [0.717, 1.165) is 45.7 Å². The molecule has 0 bridgehead atoms. The van der Waals surface area contributed by atoms with Crippen LogP contribution in [-0.4, -0.2) is 130 Å². The molecule has 1 fully saturated rings. The van der Waals surface area contributed by atoms with Crippen molar-refractivity contribution in [3.05, 3.63) is 88.7 Å². The molecule has 48 heavy (non-hydrogen) atoms. The molecule has 4 rings (SSSR count). The fourth-order valence-corrected chi connectivity index (χ4v) is 4.80. The Kier molecular flexibility index (Phi) is 16.6. The van der Waals surface area contributed by atoms with Crippen molar-refractivity contribution in [3.8, 4) is 0 Å². The minimum atomic E-state index is -1.26. The van der Waals surface area contributed by atoms with Gasteiger partial charge in [-0.15, -0.1) is 0 Å².